The van der Waals surface area contributed by atoms with E-state index < -0.39 is 0 Å². The monoisotopic (exact) mass is 431 g/mol. The lowest BCUT2D eigenvalue weighted by Crippen LogP contribution is -2.37. The molecular formula is C24H25N5O3. The van der Waals surface area contributed by atoms with Gasteiger partial charge in [-0.2, -0.15) is 0 Å². The number of allylic oxidation sites excluding steroid dienone is 2. The third-order valence-corrected chi connectivity index (χ3v) is 5.31. The summed E-state index contributed by atoms with van der Waals surface area (Å²) in [7, 11) is 1.60. The van der Waals surface area contributed by atoms with E-state index in [9.17, 15) is 0 Å². The Morgan fingerprint density at radius 2 is 2.03 bits per heavy atom. The molecule has 32 heavy (non-hydrogen) atoms. The summed E-state index contributed by atoms with van der Waals surface area (Å²) in [6.07, 6.45) is 4.61. The van der Waals surface area contributed by atoms with Crippen molar-refractivity contribution < 1.29 is 13.9 Å². The van der Waals surface area contributed by atoms with E-state index in [1.54, 1.807) is 19.4 Å². The van der Waals surface area contributed by atoms with Gasteiger partial charge in [0.2, 0.25) is 0 Å². The van der Waals surface area contributed by atoms with Crippen LogP contribution in [0.4, 0.5) is 5.82 Å². The number of methoxy groups -OCH3 is 1. The van der Waals surface area contributed by atoms with Gasteiger partial charge in [0.05, 0.1) is 20.3 Å². The summed E-state index contributed by atoms with van der Waals surface area (Å²) in [5, 5.41) is 7.77. The fraction of sp³-hybridized carbons (Fsp3) is 0.250. The molecule has 1 saturated heterocycles. The molecule has 1 aromatic carbocycles. The van der Waals surface area contributed by atoms with Crippen LogP contribution in [0, 0.1) is 5.41 Å². The van der Waals surface area contributed by atoms with Gasteiger partial charge in [-0.05, 0) is 19.7 Å². The highest BCUT2D eigenvalue weighted by Crippen LogP contribution is 2.34. The first kappa shape index (κ1) is 21.5. The van der Waals surface area contributed by atoms with Gasteiger partial charge in [0.1, 0.15) is 17.0 Å². The molecule has 1 aliphatic heterocycles. The minimum absolute atomic E-state index is 0.551. The Morgan fingerprint density at radius 1 is 1.25 bits per heavy atom. The Balaban J connectivity index is 1.91. The van der Waals surface area contributed by atoms with Crippen molar-refractivity contribution in [1.82, 2.24) is 9.97 Å². The molecule has 164 valence electrons. The molecule has 0 amide bonds. The van der Waals surface area contributed by atoms with Crippen LogP contribution in [0.1, 0.15) is 18.2 Å². The number of aromatic nitrogens is 2. The van der Waals surface area contributed by atoms with Gasteiger partial charge in [0.15, 0.2) is 17.2 Å². The highest BCUT2D eigenvalue weighted by molar-refractivity contribution is 5.92. The first-order valence-corrected chi connectivity index (χ1v) is 10.3. The number of anilines is 1. The van der Waals surface area contributed by atoms with Crippen molar-refractivity contribution in [2.45, 2.75) is 6.92 Å². The summed E-state index contributed by atoms with van der Waals surface area (Å²) in [4.78, 5) is 15.5. The van der Waals surface area contributed by atoms with Crippen LogP contribution >= 0.6 is 0 Å². The van der Waals surface area contributed by atoms with Crippen molar-refractivity contribution in [3.8, 4) is 11.4 Å². The number of aliphatic imine (C=N–C) groups is 1. The number of fused-ring (bicyclic) bond motifs is 1. The van der Waals surface area contributed by atoms with Crippen molar-refractivity contribution in [3.63, 3.8) is 0 Å². The smallest absolute Gasteiger partial charge is 0.195 e. The van der Waals surface area contributed by atoms with Gasteiger partial charge in [0, 0.05) is 48.3 Å². The van der Waals surface area contributed by atoms with Gasteiger partial charge in [-0.25, -0.2) is 9.97 Å². The van der Waals surface area contributed by atoms with Crippen molar-refractivity contribution in [2.24, 2.45) is 4.99 Å². The van der Waals surface area contributed by atoms with Crippen LogP contribution in [0.5, 0.6) is 0 Å². The molecule has 3 aromatic rings. The molecule has 0 unspecified atom stereocenters. The Kier molecular flexibility index (Phi) is 6.42. The predicted molar refractivity (Wildman–Crippen MR) is 126 cm³/mol. The van der Waals surface area contributed by atoms with Crippen molar-refractivity contribution >= 4 is 35.4 Å². The van der Waals surface area contributed by atoms with E-state index in [1.165, 1.54) is 6.21 Å². The third kappa shape index (κ3) is 4.17. The van der Waals surface area contributed by atoms with Crippen LogP contribution in [-0.4, -0.2) is 56.3 Å². The lowest BCUT2D eigenvalue weighted by Gasteiger charge is -2.27. The molecule has 1 fully saturated rings. The lowest BCUT2D eigenvalue weighted by atomic mass is 10.1. The van der Waals surface area contributed by atoms with Crippen LogP contribution in [0.2, 0.25) is 0 Å². The minimum Gasteiger partial charge on any atom is -0.496 e. The van der Waals surface area contributed by atoms with Crippen LogP contribution in [0.3, 0.4) is 0 Å². The summed E-state index contributed by atoms with van der Waals surface area (Å²) in [6.45, 7) is 8.04. The van der Waals surface area contributed by atoms with Gasteiger partial charge in [-0.3, -0.25) is 4.99 Å². The topological polar surface area (TPSA) is 96.8 Å². The van der Waals surface area contributed by atoms with E-state index in [2.05, 4.69) is 16.6 Å². The summed E-state index contributed by atoms with van der Waals surface area (Å²) in [5.41, 5.74) is 3.65. The fourth-order valence-electron chi connectivity index (χ4n) is 3.62. The molecule has 8 nitrogen and oxygen atoms in total. The Labute approximate surface area is 186 Å². The fourth-order valence-corrected chi connectivity index (χ4v) is 3.62. The molecule has 0 radical (unpaired) electrons. The number of ether oxygens (including phenoxy) is 2. The van der Waals surface area contributed by atoms with Gasteiger partial charge in [-0.1, -0.05) is 24.3 Å². The number of rotatable bonds is 7. The Bertz CT molecular complexity index is 1210. The van der Waals surface area contributed by atoms with E-state index >= 15 is 0 Å². The number of nitrogens with one attached hydrogen (secondary N) is 1. The first-order chi connectivity index (χ1) is 15.7. The van der Waals surface area contributed by atoms with Crippen LogP contribution < -0.4 is 4.90 Å². The number of furan rings is 1. The molecule has 3 heterocycles. The predicted octanol–water partition coefficient (Wildman–Crippen LogP) is 4.32. The molecule has 4 rings (SSSR count). The highest BCUT2D eigenvalue weighted by atomic mass is 16.5. The van der Waals surface area contributed by atoms with E-state index in [1.807, 2.05) is 37.3 Å². The lowest BCUT2D eigenvalue weighted by molar-refractivity contribution is 0.122. The average Bonchev–Trinajstić information content (AvgIpc) is 3.28. The zero-order valence-corrected chi connectivity index (χ0v) is 18.2. The summed E-state index contributed by atoms with van der Waals surface area (Å²) < 4.78 is 17.3. The maximum Gasteiger partial charge on any atom is 0.195 e. The Morgan fingerprint density at radius 3 is 2.75 bits per heavy atom. The van der Waals surface area contributed by atoms with E-state index in [-0.39, 0.29) is 0 Å². The maximum absolute atomic E-state index is 7.77. The van der Waals surface area contributed by atoms with Crippen LogP contribution in [0.15, 0.2) is 57.8 Å². The normalized spacial score (nSPS) is 15.1. The summed E-state index contributed by atoms with van der Waals surface area (Å²) in [5.74, 6) is 2.52. The van der Waals surface area contributed by atoms with E-state index in [0.717, 1.165) is 22.5 Å². The molecule has 2 aromatic heterocycles. The molecule has 0 bridgehead atoms. The van der Waals surface area contributed by atoms with E-state index in [0.29, 0.717) is 54.7 Å². The second kappa shape index (κ2) is 9.57. The number of morpholine rings is 1. The van der Waals surface area contributed by atoms with Gasteiger partial charge < -0.3 is 24.2 Å². The average molecular weight is 431 g/mol. The zero-order chi connectivity index (χ0) is 22.5. The molecule has 8 heteroatoms. The molecule has 0 spiro atoms. The second-order valence-electron chi connectivity index (χ2n) is 7.22. The second-order valence-corrected chi connectivity index (χ2v) is 7.22. The minimum atomic E-state index is 0.551. The van der Waals surface area contributed by atoms with Gasteiger partial charge in [-0.15, -0.1) is 0 Å². The summed E-state index contributed by atoms with van der Waals surface area (Å²) in [6, 6.07) is 9.51. The van der Waals surface area contributed by atoms with Crippen molar-refractivity contribution in [1.29, 1.82) is 5.41 Å². The van der Waals surface area contributed by atoms with Crippen LogP contribution in [0.25, 0.3) is 28.1 Å². The number of hydrogen-bond donors (Lipinski definition) is 1. The first-order valence-electron chi connectivity index (χ1n) is 10.3. The SMILES string of the molecule is C=N/C=C\C(OC)=C(/C)c1cc2nc(-c3ccccc3C=N)nc(N3CCOCC3)c2o1. The molecule has 1 N–H and O–H groups in total. The summed E-state index contributed by atoms with van der Waals surface area (Å²) >= 11 is 0. The van der Waals surface area contributed by atoms with Crippen LogP contribution in [-0.2, 0) is 9.47 Å². The molecular weight excluding hydrogens is 406 g/mol. The molecule has 0 saturated carbocycles. The van der Waals surface area contributed by atoms with Crippen molar-refractivity contribution in [2.75, 3.05) is 38.3 Å². The molecule has 0 aliphatic carbocycles. The molecule has 1 aliphatic rings. The maximum atomic E-state index is 7.77. The van der Waals surface area contributed by atoms with E-state index in [4.69, 9.17) is 29.3 Å². The quantitative estimate of drug-likeness (QED) is 0.340. The zero-order valence-electron chi connectivity index (χ0n) is 18.2. The van der Waals surface area contributed by atoms with Crippen molar-refractivity contribution in [3.05, 3.63) is 59.7 Å². The third-order valence-electron chi connectivity index (χ3n) is 5.31. The highest BCUT2D eigenvalue weighted by Gasteiger charge is 2.23. The van der Waals surface area contributed by atoms with Gasteiger partial charge in [0.25, 0.3) is 0 Å². The number of benzene rings is 1. The number of hydrogen-bond acceptors (Lipinski definition) is 8. The largest absolute Gasteiger partial charge is 0.496 e. The number of nitrogens with zero attached hydrogens (tertiary/aromatic N) is 4. The standard InChI is InChI=1S/C24H25N5O3/c1-16(20(30-3)8-9-26-2)21-14-19-22(32-21)24(29-10-12-31-13-11-29)28-23(27-19)18-7-5-4-6-17(18)15-25/h4-9,14-15,25H,2,10-13H2,1,3H3/b9-8-,20-16-,25-15?. The Hall–Kier alpha value is -3.78. The van der Waals surface area contributed by atoms with Gasteiger partial charge >= 0.3 is 0 Å². The molecule has 0 atom stereocenters.